The van der Waals surface area contributed by atoms with Gasteiger partial charge in [0, 0.05) is 43.3 Å². The van der Waals surface area contributed by atoms with Gasteiger partial charge >= 0.3 is 6.03 Å². The lowest BCUT2D eigenvalue weighted by Gasteiger charge is -2.38. The second kappa shape index (κ2) is 7.77. The second-order valence-electron chi connectivity index (χ2n) is 7.49. The largest absolute Gasteiger partial charge is 0.355 e. The summed E-state index contributed by atoms with van der Waals surface area (Å²) in [6.07, 6.45) is 4.88. The zero-order valence-electron chi connectivity index (χ0n) is 15.5. The highest BCUT2D eigenvalue weighted by atomic mass is 35.5. The van der Waals surface area contributed by atoms with Crippen molar-refractivity contribution in [2.45, 2.75) is 37.3 Å². The molecule has 2 unspecified atom stereocenters. The number of hydrogen-bond donors (Lipinski definition) is 1. The van der Waals surface area contributed by atoms with Gasteiger partial charge in [0.05, 0.1) is 6.04 Å². The third kappa shape index (κ3) is 4.19. The third-order valence-electron chi connectivity index (χ3n) is 5.61. The lowest BCUT2D eigenvalue weighted by molar-refractivity contribution is 0.182. The first-order chi connectivity index (χ1) is 13.1. The summed E-state index contributed by atoms with van der Waals surface area (Å²) in [4.78, 5) is 21.3. The molecular weight excluding hydrogens is 360 g/mol. The molecule has 5 nitrogen and oxygen atoms in total. The van der Waals surface area contributed by atoms with Crippen LogP contribution in [0.5, 0.6) is 0 Å². The van der Waals surface area contributed by atoms with Crippen LogP contribution in [0.2, 0.25) is 5.02 Å². The van der Waals surface area contributed by atoms with Gasteiger partial charge in [0.2, 0.25) is 0 Å². The average molecular weight is 385 g/mol. The van der Waals surface area contributed by atoms with E-state index in [0.717, 1.165) is 43.2 Å². The SMILES string of the molecule is CN(C(=O)N[C@@H]1CC1c1cccc(Cl)c1)C1CCCN(c2ccccn2)C1. The van der Waals surface area contributed by atoms with Crippen LogP contribution in [-0.4, -0.2) is 48.1 Å². The molecular formula is C21H25ClN4O. The highest BCUT2D eigenvalue weighted by Gasteiger charge is 2.40. The fraction of sp³-hybridized carbons (Fsp3) is 0.429. The van der Waals surface area contributed by atoms with Gasteiger partial charge in [0.25, 0.3) is 0 Å². The number of amides is 2. The molecule has 4 rings (SSSR count). The molecule has 142 valence electrons. The lowest BCUT2D eigenvalue weighted by Crippen LogP contribution is -2.52. The Kier molecular flexibility index (Phi) is 5.21. The maximum atomic E-state index is 12.7. The van der Waals surface area contributed by atoms with Crippen LogP contribution in [0.3, 0.4) is 0 Å². The Morgan fingerprint density at radius 2 is 2.19 bits per heavy atom. The molecule has 2 aliphatic rings. The number of nitrogens with one attached hydrogen (secondary N) is 1. The zero-order chi connectivity index (χ0) is 18.8. The molecule has 2 heterocycles. The van der Waals surface area contributed by atoms with E-state index in [0.29, 0.717) is 5.92 Å². The highest BCUT2D eigenvalue weighted by molar-refractivity contribution is 6.30. The lowest BCUT2D eigenvalue weighted by atomic mass is 10.0. The molecule has 2 fully saturated rings. The van der Waals surface area contributed by atoms with E-state index in [1.54, 1.807) is 0 Å². The van der Waals surface area contributed by atoms with E-state index in [4.69, 9.17) is 11.6 Å². The number of nitrogens with zero attached hydrogens (tertiary/aromatic N) is 3. The van der Waals surface area contributed by atoms with Gasteiger partial charge in [-0.3, -0.25) is 0 Å². The predicted molar refractivity (Wildman–Crippen MR) is 108 cm³/mol. The molecule has 0 spiro atoms. The van der Waals surface area contributed by atoms with E-state index in [-0.39, 0.29) is 18.1 Å². The van der Waals surface area contributed by atoms with Gasteiger partial charge < -0.3 is 15.1 Å². The fourth-order valence-corrected chi connectivity index (χ4v) is 4.10. The van der Waals surface area contributed by atoms with E-state index in [1.165, 1.54) is 5.56 Å². The summed E-state index contributed by atoms with van der Waals surface area (Å²) < 4.78 is 0. The third-order valence-corrected chi connectivity index (χ3v) is 5.85. The number of pyridine rings is 1. The topological polar surface area (TPSA) is 48.5 Å². The van der Waals surface area contributed by atoms with E-state index in [9.17, 15) is 4.79 Å². The minimum Gasteiger partial charge on any atom is -0.355 e. The molecule has 2 amide bonds. The van der Waals surface area contributed by atoms with Gasteiger partial charge in [-0.1, -0.05) is 29.8 Å². The van der Waals surface area contributed by atoms with Crippen molar-refractivity contribution in [2.75, 3.05) is 25.0 Å². The number of rotatable bonds is 4. The van der Waals surface area contributed by atoms with Crippen LogP contribution < -0.4 is 10.2 Å². The Hall–Kier alpha value is -2.27. The number of carbonyl (C=O) groups is 1. The van der Waals surface area contributed by atoms with Crippen LogP contribution in [-0.2, 0) is 0 Å². The van der Waals surface area contributed by atoms with Crippen LogP contribution in [0.15, 0.2) is 48.7 Å². The molecule has 6 heteroatoms. The summed E-state index contributed by atoms with van der Waals surface area (Å²) in [6, 6.07) is 14.3. The maximum Gasteiger partial charge on any atom is 0.317 e. The molecule has 0 bridgehead atoms. The normalized spacial score (nSPS) is 24.4. The number of piperidine rings is 1. The zero-order valence-corrected chi connectivity index (χ0v) is 16.3. The van der Waals surface area contributed by atoms with Crippen molar-refractivity contribution in [2.24, 2.45) is 0 Å². The Balaban J connectivity index is 1.33. The summed E-state index contributed by atoms with van der Waals surface area (Å²) >= 11 is 6.08. The monoisotopic (exact) mass is 384 g/mol. The molecule has 27 heavy (non-hydrogen) atoms. The summed E-state index contributed by atoms with van der Waals surface area (Å²) in [6.45, 7) is 1.81. The van der Waals surface area contributed by atoms with E-state index in [1.807, 2.05) is 54.5 Å². The molecule has 3 atom stereocenters. The standard InChI is InChI=1S/C21H25ClN4O/c1-25(17-8-5-11-26(14-17)20-9-2-3-10-23-20)21(27)24-19-13-18(19)15-6-4-7-16(22)12-15/h2-4,6-7,9-10,12,17-19H,5,8,11,13-14H2,1H3,(H,24,27)/t17?,18?,19-/m1/s1. The first-order valence-electron chi connectivity index (χ1n) is 9.56. The number of anilines is 1. The first kappa shape index (κ1) is 18.1. The van der Waals surface area contributed by atoms with Crippen molar-refractivity contribution in [1.29, 1.82) is 0 Å². The van der Waals surface area contributed by atoms with Gasteiger partial charge in [0.1, 0.15) is 5.82 Å². The molecule has 1 aliphatic heterocycles. The van der Waals surface area contributed by atoms with Gasteiger partial charge in [-0.2, -0.15) is 0 Å². The molecule has 1 saturated heterocycles. The van der Waals surface area contributed by atoms with Crippen LogP contribution >= 0.6 is 11.6 Å². The van der Waals surface area contributed by atoms with Crippen molar-refractivity contribution in [3.63, 3.8) is 0 Å². The molecule has 0 radical (unpaired) electrons. The average Bonchev–Trinajstić information content (AvgIpc) is 3.47. The summed E-state index contributed by atoms with van der Waals surface area (Å²) in [5, 5.41) is 3.93. The quantitative estimate of drug-likeness (QED) is 0.869. The number of halogens is 1. The van der Waals surface area contributed by atoms with Gasteiger partial charge in [0.15, 0.2) is 0 Å². The van der Waals surface area contributed by atoms with E-state index >= 15 is 0 Å². The number of benzene rings is 1. The Bertz CT molecular complexity index is 800. The number of aromatic nitrogens is 1. The van der Waals surface area contributed by atoms with Crippen LogP contribution in [0.1, 0.15) is 30.7 Å². The van der Waals surface area contributed by atoms with Gasteiger partial charge in [-0.15, -0.1) is 0 Å². The Morgan fingerprint density at radius 1 is 1.30 bits per heavy atom. The summed E-state index contributed by atoms with van der Waals surface area (Å²) in [5.74, 6) is 1.36. The van der Waals surface area contributed by atoms with E-state index < -0.39 is 0 Å². The van der Waals surface area contributed by atoms with Gasteiger partial charge in [-0.25, -0.2) is 9.78 Å². The van der Waals surface area contributed by atoms with E-state index in [2.05, 4.69) is 21.3 Å². The fourth-order valence-electron chi connectivity index (χ4n) is 3.91. The molecule has 1 N–H and O–H groups in total. The van der Waals surface area contributed by atoms with Crippen molar-refractivity contribution in [3.05, 3.63) is 59.2 Å². The Labute approximate surface area is 165 Å². The molecule has 1 saturated carbocycles. The van der Waals surface area contributed by atoms with Crippen molar-refractivity contribution in [3.8, 4) is 0 Å². The summed E-state index contributed by atoms with van der Waals surface area (Å²) in [7, 11) is 1.90. The molecule has 1 aromatic heterocycles. The van der Waals surface area contributed by atoms with Crippen LogP contribution in [0, 0.1) is 0 Å². The van der Waals surface area contributed by atoms with Crippen LogP contribution in [0.4, 0.5) is 10.6 Å². The minimum absolute atomic E-state index is 0.0115. The number of likely N-dealkylation sites (N-methyl/N-ethyl adjacent to an activating group) is 1. The maximum absolute atomic E-state index is 12.7. The van der Waals surface area contributed by atoms with Gasteiger partial charge in [-0.05, 0) is 49.1 Å². The predicted octanol–water partition coefficient (Wildman–Crippen LogP) is 3.90. The molecule has 1 aromatic carbocycles. The van der Waals surface area contributed by atoms with Crippen LogP contribution in [0.25, 0.3) is 0 Å². The smallest absolute Gasteiger partial charge is 0.317 e. The number of hydrogen-bond acceptors (Lipinski definition) is 3. The number of urea groups is 1. The molecule has 1 aliphatic carbocycles. The Morgan fingerprint density at radius 3 is 2.96 bits per heavy atom. The second-order valence-corrected chi connectivity index (χ2v) is 7.93. The minimum atomic E-state index is 0.0115. The van der Waals surface area contributed by atoms with Crippen molar-refractivity contribution in [1.82, 2.24) is 15.2 Å². The molecule has 2 aromatic rings. The first-order valence-corrected chi connectivity index (χ1v) is 9.94. The van der Waals surface area contributed by atoms with Crippen molar-refractivity contribution < 1.29 is 4.79 Å². The summed E-state index contributed by atoms with van der Waals surface area (Å²) in [5.41, 5.74) is 1.20. The highest BCUT2D eigenvalue weighted by Crippen LogP contribution is 2.41. The van der Waals surface area contributed by atoms with Crippen molar-refractivity contribution >= 4 is 23.4 Å². The number of carbonyl (C=O) groups excluding carboxylic acids is 1.